The van der Waals surface area contributed by atoms with Gasteiger partial charge in [0.1, 0.15) is 0 Å². The van der Waals surface area contributed by atoms with Gasteiger partial charge < -0.3 is 10.6 Å². The van der Waals surface area contributed by atoms with Crippen LogP contribution in [0.1, 0.15) is 55.1 Å². The molecule has 2 aromatic rings. The summed E-state index contributed by atoms with van der Waals surface area (Å²) >= 11 is 0. The molecular weight excluding hydrogens is 462 g/mol. The summed E-state index contributed by atoms with van der Waals surface area (Å²) in [6, 6.07) is 14.1. The SMILES string of the molecule is C=CC(=O)N[C@H]1CCCN(S(=O)(=O)c2ccc(C(=O)NCCc3ccc(C(C)(C)C)cc3)cc2)C1. The summed E-state index contributed by atoms with van der Waals surface area (Å²) < 4.78 is 27.5. The second-order valence-corrected chi connectivity index (χ2v) is 11.8. The lowest BCUT2D eigenvalue weighted by atomic mass is 9.86. The smallest absolute Gasteiger partial charge is 0.251 e. The van der Waals surface area contributed by atoms with Gasteiger partial charge in [0.25, 0.3) is 5.91 Å². The summed E-state index contributed by atoms with van der Waals surface area (Å²) in [5.41, 5.74) is 2.91. The normalized spacial score (nSPS) is 16.9. The molecule has 0 unspecified atom stereocenters. The predicted molar refractivity (Wildman–Crippen MR) is 138 cm³/mol. The molecule has 1 aliphatic rings. The van der Waals surface area contributed by atoms with Crippen molar-refractivity contribution in [2.75, 3.05) is 19.6 Å². The zero-order chi connectivity index (χ0) is 25.6. The first-order chi connectivity index (χ1) is 16.5. The number of rotatable bonds is 8. The van der Waals surface area contributed by atoms with E-state index in [-0.39, 0.29) is 34.7 Å². The van der Waals surface area contributed by atoms with E-state index in [1.807, 2.05) is 0 Å². The van der Waals surface area contributed by atoms with Crippen LogP contribution in [0.15, 0.2) is 66.1 Å². The van der Waals surface area contributed by atoms with Crippen LogP contribution in [-0.4, -0.2) is 50.2 Å². The molecule has 8 heteroatoms. The third-order valence-electron chi connectivity index (χ3n) is 6.19. The molecule has 0 spiro atoms. The molecule has 2 aromatic carbocycles. The lowest BCUT2D eigenvalue weighted by Gasteiger charge is -2.32. The third-order valence-corrected chi connectivity index (χ3v) is 8.07. The Morgan fingerprint density at radius 1 is 1.09 bits per heavy atom. The standard InChI is InChI=1S/C27H35N3O4S/c1-5-25(31)29-23-7-6-18-30(19-23)35(33,34)24-14-10-21(11-15-24)26(32)28-17-16-20-8-12-22(13-9-20)27(2,3)4/h5,8-15,23H,1,6-7,16-19H2,2-4H3,(H,28,32)(H,29,31)/t23-/m0/s1. The summed E-state index contributed by atoms with van der Waals surface area (Å²) in [5.74, 6) is -0.558. The molecule has 3 rings (SSSR count). The topological polar surface area (TPSA) is 95.6 Å². The molecule has 0 aromatic heterocycles. The van der Waals surface area contributed by atoms with Gasteiger partial charge in [-0.2, -0.15) is 4.31 Å². The van der Waals surface area contributed by atoms with E-state index in [0.717, 1.165) is 5.56 Å². The number of piperidine rings is 1. The highest BCUT2D eigenvalue weighted by atomic mass is 32.2. The van der Waals surface area contributed by atoms with Gasteiger partial charge in [0, 0.05) is 31.2 Å². The first-order valence-corrected chi connectivity index (χ1v) is 13.4. The average Bonchev–Trinajstić information content (AvgIpc) is 2.84. The highest BCUT2D eigenvalue weighted by Gasteiger charge is 2.30. The van der Waals surface area contributed by atoms with Gasteiger partial charge in [-0.15, -0.1) is 0 Å². The molecule has 0 radical (unpaired) electrons. The van der Waals surface area contributed by atoms with E-state index in [2.05, 4.69) is 62.2 Å². The van der Waals surface area contributed by atoms with E-state index >= 15 is 0 Å². The van der Waals surface area contributed by atoms with Crippen LogP contribution in [0, 0.1) is 0 Å². The van der Waals surface area contributed by atoms with Crippen molar-refractivity contribution in [3.05, 3.63) is 77.9 Å². The van der Waals surface area contributed by atoms with E-state index in [1.165, 1.54) is 40.2 Å². The van der Waals surface area contributed by atoms with Crippen molar-refractivity contribution in [3.8, 4) is 0 Å². The number of hydrogen-bond acceptors (Lipinski definition) is 4. The fraction of sp³-hybridized carbons (Fsp3) is 0.407. The second kappa shape index (κ2) is 11.2. The minimum Gasteiger partial charge on any atom is -0.352 e. The van der Waals surface area contributed by atoms with Gasteiger partial charge in [0.2, 0.25) is 15.9 Å². The summed E-state index contributed by atoms with van der Waals surface area (Å²) in [6.07, 6.45) is 3.26. The summed E-state index contributed by atoms with van der Waals surface area (Å²) in [4.78, 5) is 24.2. The Labute approximate surface area is 208 Å². The molecule has 2 N–H and O–H groups in total. The summed E-state index contributed by atoms with van der Waals surface area (Å²) in [7, 11) is -3.72. The number of benzene rings is 2. The molecule has 7 nitrogen and oxygen atoms in total. The van der Waals surface area contributed by atoms with Crippen LogP contribution in [0.2, 0.25) is 0 Å². The number of nitrogens with zero attached hydrogens (tertiary/aromatic N) is 1. The zero-order valence-electron chi connectivity index (χ0n) is 20.7. The molecule has 188 valence electrons. The number of carbonyl (C=O) groups is 2. The Morgan fingerprint density at radius 2 is 1.74 bits per heavy atom. The first-order valence-electron chi connectivity index (χ1n) is 11.9. The highest BCUT2D eigenvalue weighted by molar-refractivity contribution is 7.89. The molecule has 0 bridgehead atoms. The Bertz CT molecular complexity index is 1150. The zero-order valence-corrected chi connectivity index (χ0v) is 21.5. The van der Waals surface area contributed by atoms with Crippen molar-refractivity contribution < 1.29 is 18.0 Å². The van der Waals surface area contributed by atoms with Crippen molar-refractivity contribution in [1.82, 2.24) is 14.9 Å². The molecule has 1 fully saturated rings. The van der Waals surface area contributed by atoms with Gasteiger partial charge in [-0.25, -0.2) is 8.42 Å². The molecule has 2 amide bonds. The number of amides is 2. The molecule has 1 atom stereocenters. The quantitative estimate of drug-likeness (QED) is 0.547. The maximum atomic E-state index is 13.1. The first kappa shape index (κ1) is 26.6. The molecule has 1 saturated heterocycles. The summed E-state index contributed by atoms with van der Waals surface area (Å²) in [6.45, 7) is 11.0. The fourth-order valence-electron chi connectivity index (χ4n) is 4.06. The van der Waals surface area contributed by atoms with Crippen LogP contribution in [0.25, 0.3) is 0 Å². The largest absolute Gasteiger partial charge is 0.352 e. The predicted octanol–water partition coefficient (Wildman–Crippen LogP) is 3.41. The third kappa shape index (κ3) is 7.02. The van der Waals surface area contributed by atoms with Crippen LogP contribution in [0.3, 0.4) is 0 Å². The monoisotopic (exact) mass is 497 g/mol. The average molecular weight is 498 g/mol. The lowest BCUT2D eigenvalue weighted by molar-refractivity contribution is -0.117. The van der Waals surface area contributed by atoms with E-state index in [0.29, 0.717) is 37.9 Å². The van der Waals surface area contributed by atoms with Crippen LogP contribution >= 0.6 is 0 Å². The van der Waals surface area contributed by atoms with Crippen molar-refractivity contribution >= 4 is 21.8 Å². The van der Waals surface area contributed by atoms with Gasteiger partial charge in [0.05, 0.1) is 4.90 Å². The van der Waals surface area contributed by atoms with Crippen molar-refractivity contribution in [2.45, 2.75) is 56.4 Å². The number of nitrogens with one attached hydrogen (secondary N) is 2. The fourth-order valence-corrected chi connectivity index (χ4v) is 5.58. The van der Waals surface area contributed by atoms with Gasteiger partial charge in [-0.3, -0.25) is 9.59 Å². The minimum atomic E-state index is -3.72. The van der Waals surface area contributed by atoms with Crippen LogP contribution in [0.4, 0.5) is 0 Å². The molecule has 1 aliphatic heterocycles. The van der Waals surface area contributed by atoms with Crippen LogP contribution in [0.5, 0.6) is 0 Å². The molecular formula is C27H35N3O4S. The van der Waals surface area contributed by atoms with Gasteiger partial charge in [0.15, 0.2) is 0 Å². The van der Waals surface area contributed by atoms with E-state index in [9.17, 15) is 18.0 Å². The van der Waals surface area contributed by atoms with Gasteiger partial charge >= 0.3 is 0 Å². The number of sulfonamides is 1. The van der Waals surface area contributed by atoms with Crippen LogP contribution < -0.4 is 10.6 Å². The Morgan fingerprint density at radius 3 is 2.34 bits per heavy atom. The number of hydrogen-bond donors (Lipinski definition) is 2. The molecule has 35 heavy (non-hydrogen) atoms. The maximum absolute atomic E-state index is 13.1. The Hall–Kier alpha value is -2.97. The Kier molecular flexibility index (Phi) is 8.51. The second-order valence-electron chi connectivity index (χ2n) is 9.89. The van der Waals surface area contributed by atoms with Crippen LogP contribution in [-0.2, 0) is 26.7 Å². The van der Waals surface area contributed by atoms with Crippen molar-refractivity contribution in [1.29, 1.82) is 0 Å². The van der Waals surface area contributed by atoms with E-state index < -0.39 is 10.0 Å². The highest BCUT2D eigenvalue weighted by Crippen LogP contribution is 2.23. The lowest BCUT2D eigenvalue weighted by Crippen LogP contribution is -2.49. The van der Waals surface area contributed by atoms with Crippen molar-refractivity contribution in [2.24, 2.45) is 0 Å². The van der Waals surface area contributed by atoms with E-state index in [4.69, 9.17) is 0 Å². The van der Waals surface area contributed by atoms with E-state index in [1.54, 1.807) is 0 Å². The Balaban J connectivity index is 1.56. The molecule has 1 heterocycles. The van der Waals surface area contributed by atoms with Gasteiger partial charge in [-0.1, -0.05) is 51.6 Å². The summed E-state index contributed by atoms with van der Waals surface area (Å²) in [5, 5.41) is 5.67. The minimum absolute atomic E-state index is 0.101. The molecule has 0 aliphatic carbocycles. The molecule has 0 saturated carbocycles. The maximum Gasteiger partial charge on any atom is 0.251 e. The number of carbonyl (C=O) groups excluding carboxylic acids is 2. The van der Waals surface area contributed by atoms with Crippen molar-refractivity contribution in [3.63, 3.8) is 0 Å². The van der Waals surface area contributed by atoms with Gasteiger partial charge in [-0.05, 0) is 66.1 Å².